The van der Waals surface area contributed by atoms with Crippen molar-refractivity contribution in [1.29, 1.82) is 0 Å². The first-order chi connectivity index (χ1) is 11.5. The number of rotatable bonds is 5. The van der Waals surface area contributed by atoms with Crippen LogP contribution in [0.3, 0.4) is 0 Å². The van der Waals surface area contributed by atoms with Crippen molar-refractivity contribution in [1.82, 2.24) is 0 Å². The topological polar surface area (TPSA) is 77.8 Å². The van der Waals surface area contributed by atoms with Crippen LogP contribution in [0.5, 0.6) is 0 Å². The largest absolute Gasteiger partial charge is 0.423 e. The lowest BCUT2D eigenvalue weighted by Gasteiger charge is -2.12. The van der Waals surface area contributed by atoms with Crippen LogP contribution in [0.2, 0.25) is 0 Å². The van der Waals surface area contributed by atoms with E-state index in [4.69, 9.17) is 13.9 Å². The van der Waals surface area contributed by atoms with E-state index in [0.717, 1.165) is 36.0 Å². The van der Waals surface area contributed by atoms with Gasteiger partial charge in [-0.1, -0.05) is 0 Å². The second-order valence-corrected chi connectivity index (χ2v) is 6.11. The molecule has 1 fully saturated rings. The zero-order chi connectivity index (χ0) is 17.1. The molecule has 1 saturated heterocycles. The second kappa shape index (κ2) is 7.15. The van der Waals surface area contributed by atoms with Crippen molar-refractivity contribution >= 4 is 22.6 Å². The van der Waals surface area contributed by atoms with Crippen molar-refractivity contribution in [2.75, 3.05) is 25.1 Å². The Kier molecular flexibility index (Phi) is 4.97. The quantitative estimate of drug-likeness (QED) is 0.852. The van der Waals surface area contributed by atoms with E-state index in [1.165, 1.54) is 6.07 Å². The highest BCUT2D eigenvalue weighted by molar-refractivity contribution is 5.95. The molecule has 3 rings (SSSR count). The highest BCUT2D eigenvalue weighted by Crippen LogP contribution is 2.25. The van der Waals surface area contributed by atoms with Crippen molar-refractivity contribution < 1.29 is 18.7 Å². The lowest BCUT2D eigenvalue weighted by molar-refractivity contribution is -0.121. The summed E-state index contributed by atoms with van der Waals surface area (Å²) in [5.74, 6) is -0.217. The minimum atomic E-state index is -0.376. The fourth-order valence-electron chi connectivity index (χ4n) is 2.85. The van der Waals surface area contributed by atoms with E-state index in [-0.39, 0.29) is 24.2 Å². The Balaban J connectivity index is 1.66. The maximum Gasteiger partial charge on any atom is 0.336 e. The number of ether oxygens (including phenoxy) is 2. The van der Waals surface area contributed by atoms with Crippen LogP contribution in [0.15, 0.2) is 27.4 Å². The van der Waals surface area contributed by atoms with E-state index in [1.54, 1.807) is 6.07 Å². The molecular formula is C18H21NO5. The molecule has 2 heterocycles. The number of hydrogen-bond acceptors (Lipinski definition) is 5. The van der Waals surface area contributed by atoms with Gasteiger partial charge in [-0.25, -0.2) is 4.79 Å². The number of nitrogens with one attached hydrogen (secondary N) is 1. The molecule has 128 valence electrons. The zero-order valence-corrected chi connectivity index (χ0v) is 13.9. The van der Waals surface area contributed by atoms with E-state index in [2.05, 4.69) is 5.32 Å². The van der Waals surface area contributed by atoms with E-state index < -0.39 is 0 Å². The van der Waals surface area contributed by atoms with Gasteiger partial charge in [0.1, 0.15) is 12.2 Å². The molecule has 6 heteroatoms. The summed E-state index contributed by atoms with van der Waals surface area (Å²) >= 11 is 0. The minimum absolute atomic E-state index is 0.0137. The maximum atomic E-state index is 12.1. The highest BCUT2D eigenvalue weighted by atomic mass is 16.5. The number of hydrogen-bond donors (Lipinski definition) is 1. The first-order valence-electron chi connectivity index (χ1n) is 8.07. The molecular weight excluding hydrogens is 310 g/mol. The van der Waals surface area contributed by atoms with Gasteiger partial charge in [-0.3, -0.25) is 4.79 Å². The predicted octanol–water partition coefficient (Wildman–Crippen LogP) is 2.54. The summed E-state index contributed by atoms with van der Waals surface area (Å²) in [5.41, 5.74) is 2.46. The van der Waals surface area contributed by atoms with Gasteiger partial charge in [0.25, 0.3) is 0 Å². The minimum Gasteiger partial charge on any atom is -0.423 e. The Morgan fingerprint density at radius 3 is 2.88 bits per heavy atom. The van der Waals surface area contributed by atoms with Crippen molar-refractivity contribution in [3.05, 3.63) is 39.7 Å². The first-order valence-corrected chi connectivity index (χ1v) is 8.07. The average Bonchev–Trinajstić information content (AvgIpc) is 3.02. The van der Waals surface area contributed by atoms with Crippen molar-refractivity contribution in [3.8, 4) is 0 Å². The summed E-state index contributed by atoms with van der Waals surface area (Å²) in [6, 6.07) is 5.02. The monoisotopic (exact) mass is 331 g/mol. The highest BCUT2D eigenvalue weighted by Gasteiger charge is 2.16. The molecule has 2 aromatic rings. The third kappa shape index (κ3) is 3.83. The zero-order valence-electron chi connectivity index (χ0n) is 13.9. The fraction of sp³-hybridized carbons (Fsp3) is 0.444. The van der Waals surface area contributed by atoms with Crippen molar-refractivity contribution in [2.24, 2.45) is 0 Å². The lowest BCUT2D eigenvalue weighted by Crippen LogP contribution is -2.22. The van der Waals surface area contributed by atoms with Gasteiger partial charge in [-0.15, -0.1) is 0 Å². The van der Waals surface area contributed by atoms with Gasteiger partial charge in [0.2, 0.25) is 5.91 Å². The summed E-state index contributed by atoms with van der Waals surface area (Å²) in [5, 5.41) is 3.65. The third-order valence-corrected chi connectivity index (χ3v) is 4.13. The Morgan fingerprint density at radius 1 is 1.29 bits per heavy atom. The molecule has 1 aliphatic heterocycles. The predicted molar refractivity (Wildman–Crippen MR) is 90.4 cm³/mol. The molecule has 6 nitrogen and oxygen atoms in total. The number of aryl methyl sites for hydroxylation is 2. The number of amides is 1. The number of fused-ring (bicyclic) bond motifs is 1. The van der Waals surface area contributed by atoms with Crippen LogP contribution in [-0.4, -0.2) is 31.8 Å². The molecule has 0 spiro atoms. The van der Waals surface area contributed by atoms with Crippen LogP contribution in [0.25, 0.3) is 11.0 Å². The standard InChI is InChI=1S/C18H21NO5/c1-11-7-18(21)24-16-6-12(2)15(8-14(11)16)19-17(20)10-22-9-13-4-3-5-23-13/h6-8,13H,3-5,9-10H2,1-2H3,(H,19,20). The number of carbonyl (C=O) groups excluding carboxylic acids is 1. The smallest absolute Gasteiger partial charge is 0.336 e. The van der Waals surface area contributed by atoms with Crippen LogP contribution in [0.1, 0.15) is 24.0 Å². The molecule has 1 N–H and O–H groups in total. The Hall–Kier alpha value is -2.18. The summed E-state index contributed by atoms with van der Waals surface area (Å²) < 4.78 is 16.1. The van der Waals surface area contributed by atoms with Gasteiger partial charge in [0.15, 0.2) is 0 Å². The molecule has 0 bridgehead atoms. The molecule has 1 amide bonds. The van der Waals surface area contributed by atoms with Crippen molar-refractivity contribution in [2.45, 2.75) is 32.8 Å². The molecule has 1 aliphatic rings. The van der Waals surface area contributed by atoms with Gasteiger partial charge in [-0.2, -0.15) is 0 Å². The van der Waals surface area contributed by atoms with E-state index >= 15 is 0 Å². The van der Waals surface area contributed by atoms with Gasteiger partial charge in [-0.05, 0) is 49.9 Å². The molecule has 24 heavy (non-hydrogen) atoms. The molecule has 0 radical (unpaired) electrons. The van der Waals surface area contributed by atoms with Crippen LogP contribution < -0.4 is 10.9 Å². The van der Waals surface area contributed by atoms with Crippen LogP contribution in [-0.2, 0) is 14.3 Å². The first kappa shape index (κ1) is 16.7. The maximum absolute atomic E-state index is 12.1. The molecule has 1 aromatic carbocycles. The van der Waals surface area contributed by atoms with E-state index in [0.29, 0.717) is 17.9 Å². The van der Waals surface area contributed by atoms with Crippen molar-refractivity contribution in [3.63, 3.8) is 0 Å². The summed E-state index contributed by atoms with van der Waals surface area (Å²) in [6.45, 7) is 4.88. The SMILES string of the molecule is Cc1cc2oc(=O)cc(C)c2cc1NC(=O)COCC1CCCO1. The second-order valence-electron chi connectivity index (χ2n) is 6.11. The summed E-state index contributed by atoms with van der Waals surface area (Å²) in [7, 11) is 0. The third-order valence-electron chi connectivity index (χ3n) is 4.13. The number of carbonyl (C=O) groups is 1. The summed E-state index contributed by atoms with van der Waals surface area (Å²) in [6.07, 6.45) is 2.13. The molecule has 0 saturated carbocycles. The number of benzene rings is 1. The average molecular weight is 331 g/mol. The van der Waals surface area contributed by atoms with Gasteiger partial charge < -0.3 is 19.2 Å². The molecule has 1 unspecified atom stereocenters. The Morgan fingerprint density at radius 2 is 2.12 bits per heavy atom. The van der Waals surface area contributed by atoms with E-state index in [9.17, 15) is 9.59 Å². The lowest BCUT2D eigenvalue weighted by atomic mass is 10.1. The molecule has 0 aliphatic carbocycles. The van der Waals surface area contributed by atoms with Crippen LogP contribution in [0, 0.1) is 13.8 Å². The molecule has 1 aromatic heterocycles. The van der Waals surface area contributed by atoms with Gasteiger partial charge in [0.05, 0.1) is 12.7 Å². The van der Waals surface area contributed by atoms with Gasteiger partial charge in [0, 0.05) is 23.7 Å². The molecule has 1 atom stereocenters. The summed E-state index contributed by atoms with van der Waals surface area (Å²) in [4.78, 5) is 23.5. The van der Waals surface area contributed by atoms with Crippen LogP contribution in [0.4, 0.5) is 5.69 Å². The Bertz CT molecular complexity index is 805. The van der Waals surface area contributed by atoms with E-state index in [1.807, 2.05) is 19.9 Å². The Labute approximate surface area is 139 Å². The van der Waals surface area contributed by atoms with Crippen LogP contribution >= 0.6 is 0 Å². The fourth-order valence-corrected chi connectivity index (χ4v) is 2.85. The number of anilines is 1. The normalized spacial score (nSPS) is 17.3. The van der Waals surface area contributed by atoms with Gasteiger partial charge >= 0.3 is 5.63 Å².